The number of hydrogen-bond donors (Lipinski definition) is 1. The van der Waals surface area contributed by atoms with Crippen molar-refractivity contribution < 1.29 is 19.4 Å². The van der Waals surface area contributed by atoms with Gasteiger partial charge in [0.15, 0.2) is 6.10 Å². The van der Waals surface area contributed by atoms with Crippen LogP contribution in [-0.4, -0.2) is 35.4 Å². The van der Waals surface area contributed by atoms with Crippen molar-refractivity contribution in [3.8, 4) is 5.75 Å². The largest absolute Gasteiger partial charge is 0.492 e. The quantitative estimate of drug-likeness (QED) is 0.835. The summed E-state index contributed by atoms with van der Waals surface area (Å²) in [6.07, 6.45) is 2.70. The average Bonchev–Trinajstić information content (AvgIpc) is 2.28. The summed E-state index contributed by atoms with van der Waals surface area (Å²) in [5, 5.41) is 8.85. The maximum absolute atomic E-state index is 10.8. The molecule has 0 aliphatic rings. The van der Waals surface area contributed by atoms with E-state index in [0.717, 1.165) is 4.47 Å². The fraction of sp³-hybridized carbons (Fsp3) is 0.455. The van der Waals surface area contributed by atoms with Gasteiger partial charge in [-0.3, -0.25) is 4.98 Å². The first kappa shape index (κ1) is 13.9. The van der Waals surface area contributed by atoms with Gasteiger partial charge in [0.05, 0.1) is 12.8 Å². The van der Waals surface area contributed by atoms with E-state index in [9.17, 15) is 4.79 Å². The molecule has 1 heterocycles. The second-order valence-electron chi connectivity index (χ2n) is 3.26. The summed E-state index contributed by atoms with van der Waals surface area (Å²) in [5.74, 6) is -0.372. The van der Waals surface area contributed by atoms with Crippen LogP contribution in [0, 0.1) is 0 Å². The minimum absolute atomic E-state index is 0.273. The highest BCUT2D eigenvalue weighted by Crippen LogP contribution is 2.16. The number of aliphatic carboxylic acids is 1. The fourth-order valence-electron chi connectivity index (χ4n) is 1.23. The molecule has 0 amide bonds. The molecule has 1 aromatic rings. The Hall–Kier alpha value is -1.14. The number of nitrogens with zero attached hydrogens (tertiary/aromatic N) is 1. The molecule has 0 bridgehead atoms. The number of carboxylic acids is 1. The SMILES string of the molecule is CCOC(CCOc1cncc(Br)c1)C(=O)O. The highest BCUT2D eigenvalue weighted by Gasteiger charge is 2.17. The van der Waals surface area contributed by atoms with Crippen molar-refractivity contribution >= 4 is 21.9 Å². The molecule has 0 aromatic carbocycles. The third-order valence-corrected chi connectivity index (χ3v) is 2.41. The molecule has 0 aliphatic carbocycles. The van der Waals surface area contributed by atoms with Gasteiger partial charge in [0.1, 0.15) is 5.75 Å². The molecule has 94 valence electrons. The summed E-state index contributed by atoms with van der Waals surface area (Å²) >= 11 is 3.27. The van der Waals surface area contributed by atoms with Crippen LogP contribution in [0.3, 0.4) is 0 Å². The molecule has 6 heteroatoms. The summed E-state index contributed by atoms with van der Waals surface area (Å²) in [6, 6.07) is 1.77. The van der Waals surface area contributed by atoms with Crippen LogP contribution in [0.5, 0.6) is 5.75 Å². The van der Waals surface area contributed by atoms with Gasteiger partial charge in [-0.15, -0.1) is 0 Å². The lowest BCUT2D eigenvalue weighted by Crippen LogP contribution is -2.26. The lowest BCUT2D eigenvalue weighted by Gasteiger charge is -2.12. The molecule has 1 rings (SSSR count). The molecule has 5 nitrogen and oxygen atoms in total. The molecular weight excluding hydrogens is 290 g/mol. The Kier molecular flexibility index (Phi) is 5.93. The fourth-order valence-corrected chi connectivity index (χ4v) is 1.58. The Morgan fingerprint density at radius 3 is 2.94 bits per heavy atom. The van der Waals surface area contributed by atoms with E-state index in [1.807, 2.05) is 0 Å². The molecule has 0 radical (unpaired) electrons. The van der Waals surface area contributed by atoms with Crippen LogP contribution in [0.4, 0.5) is 0 Å². The lowest BCUT2D eigenvalue weighted by molar-refractivity contribution is -0.150. The second-order valence-corrected chi connectivity index (χ2v) is 4.17. The molecule has 1 unspecified atom stereocenters. The third-order valence-electron chi connectivity index (χ3n) is 1.97. The average molecular weight is 304 g/mol. The van der Waals surface area contributed by atoms with Crippen molar-refractivity contribution in [3.63, 3.8) is 0 Å². The van der Waals surface area contributed by atoms with Crippen molar-refractivity contribution in [2.45, 2.75) is 19.4 Å². The van der Waals surface area contributed by atoms with E-state index < -0.39 is 12.1 Å². The molecule has 1 aromatic heterocycles. The zero-order chi connectivity index (χ0) is 12.7. The Bertz CT molecular complexity index is 372. The first-order valence-corrected chi connectivity index (χ1v) is 6.00. The number of ether oxygens (including phenoxy) is 2. The van der Waals surface area contributed by atoms with Crippen LogP contribution in [0.1, 0.15) is 13.3 Å². The van der Waals surface area contributed by atoms with Crippen molar-refractivity contribution in [2.75, 3.05) is 13.2 Å². The van der Waals surface area contributed by atoms with Crippen molar-refractivity contribution in [3.05, 3.63) is 22.9 Å². The molecule has 0 saturated heterocycles. The predicted octanol–water partition coefficient (Wildman–Crippen LogP) is 2.10. The number of pyridine rings is 1. The first-order chi connectivity index (χ1) is 8.13. The van der Waals surface area contributed by atoms with Gasteiger partial charge in [0.25, 0.3) is 0 Å². The van der Waals surface area contributed by atoms with Crippen molar-refractivity contribution in [1.29, 1.82) is 0 Å². The monoisotopic (exact) mass is 303 g/mol. The second kappa shape index (κ2) is 7.24. The van der Waals surface area contributed by atoms with E-state index in [1.165, 1.54) is 0 Å². The topological polar surface area (TPSA) is 68.7 Å². The summed E-state index contributed by atoms with van der Waals surface area (Å²) in [4.78, 5) is 14.7. The van der Waals surface area contributed by atoms with Gasteiger partial charge in [0, 0.05) is 23.7 Å². The molecule has 0 saturated carbocycles. The molecule has 0 spiro atoms. The highest BCUT2D eigenvalue weighted by molar-refractivity contribution is 9.10. The van der Waals surface area contributed by atoms with Crippen LogP contribution >= 0.6 is 15.9 Å². The minimum atomic E-state index is -0.970. The van der Waals surface area contributed by atoms with Gasteiger partial charge in [-0.25, -0.2) is 4.79 Å². The van der Waals surface area contributed by atoms with Gasteiger partial charge in [0.2, 0.25) is 0 Å². The molecule has 1 atom stereocenters. The Morgan fingerprint density at radius 2 is 2.35 bits per heavy atom. The number of halogens is 1. The standard InChI is InChI=1S/C11H14BrNO4/c1-2-16-10(11(14)15)3-4-17-9-5-8(12)6-13-7-9/h5-7,10H,2-4H2,1H3,(H,14,15). The van der Waals surface area contributed by atoms with E-state index >= 15 is 0 Å². The predicted molar refractivity (Wildman–Crippen MR) is 65.1 cm³/mol. The van der Waals surface area contributed by atoms with Gasteiger partial charge >= 0.3 is 5.97 Å². The van der Waals surface area contributed by atoms with Crippen LogP contribution in [0.15, 0.2) is 22.9 Å². The zero-order valence-corrected chi connectivity index (χ0v) is 11.0. The van der Waals surface area contributed by atoms with Crippen LogP contribution in [-0.2, 0) is 9.53 Å². The summed E-state index contributed by atoms with van der Waals surface area (Å²) in [7, 11) is 0. The van der Waals surface area contributed by atoms with E-state index in [-0.39, 0.29) is 6.61 Å². The Labute approximate surface area is 108 Å². The van der Waals surface area contributed by atoms with E-state index in [4.69, 9.17) is 14.6 Å². The van der Waals surface area contributed by atoms with Crippen molar-refractivity contribution in [2.24, 2.45) is 0 Å². The smallest absolute Gasteiger partial charge is 0.332 e. The zero-order valence-electron chi connectivity index (χ0n) is 9.43. The van der Waals surface area contributed by atoms with E-state index in [1.54, 1.807) is 25.4 Å². The van der Waals surface area contributed by atoms with Crippen molar-refractivity contribution in [1.82, 2.24) is 4.98 Å². The van der Waals surface area contributed by atoms with Gasteiger partial charge < -0.3 is 14.6 Å². The highest BCUT2D eigenvalue weighted by atomic mass is 79.9. The molecular formula is C11H14BrNO4. The van der Waals surface area contributed by atoms with Gasteiger partial charge in [-0.1, -0.05) is 0 Å². The summed E-state index contributed by atoms with van der Waals surface area (Å²) < 4.78 is 11.3. The number of aromatic nitrogens is 1. The normalized spacial score (nSPS) is 12.1. The first-order valence-electron chi connectivity index (χ1n) is 5.21. The Balaban J connectivity index is 2.38. The molecule has 17 heavy (non-hydrogen) atoms. The molecule has 0 fully saturated rings. The van der Waals surface area contributed by atoms with E-state index in [0.29, 0.717) is 18.8 Å². The van der Waals surface area contributed by atoms with Gasteiger partial charge in [-0.2, -0.15) is 0 Å². The minimum Gasteiger partial charge on any atom is -0.492 e. The maximum atomic E-state index is 10.8. The van der Waals surface area contributed by atoms with Gasteiger partial charge in [-0.05, 0) is 28.9 Å². The Morgan fingerprint density at radius 1 is 1.59 bits per heavy atom. The number of hydrogen-bond acceptors (Lipinski definition) is 4. The van der Waals surface area contributed by atoms with Crippen LogP contribution in [0.25, 0.3) is 0 Å². The number of carboxylic acid groups (broad SMARTS) is 1. The maximum Gasteiger partial charge on any atom is 0.332 e. The lowest BCUT2D eigenvalue weighted by atomic mass is 10.2. The molecule has 1 N–H and O–H groups in total. The van der Waals surface area contributed by atoms with Crippen LogP contribution in [0.2, 0.25) is 0 Å². The van der Waals surface area contributed by atoms with E-state index in [2.05, 4.69) is 20.9 Å². The number of rotatable bonds is 7. The number of carbonyl (C=O) groups is 1. The molecule has 0 aliphatic heterocycles. The summed E-state index contributed by atoms with van der Waals surface area (Å²) in [5.41, 5.74) is 0. The third kappa shape index (κ3) is 5.14. The van der Waals surface area contributed by atoms with Crippen LogP contribution < -0.4 is 4.74 Å². The summed E-state index contributed by atoms with van der Waals surface area (Å²) in [6.45, 7) is 2.40.